The van der Waals surface area contributed by atoms with Gasteiger partial charge in [-0.1, -0.05) is 28.0 Å². The van der Waals surface area contributed by atoms with Gasteiger partial charge in [-0.2, -0.15) is 0 Å². The minimum Gasteiger partial charge on any atom is -0.395 e. The number of rotatable bonds is 3. The van der Waals surface area contributed by atoms with Crippen LogP contribution in [0.4, 0.5) is 0 Å². The first kappa shape index (κ1) is 13.5. The fraction of sp³-hybridized carbons (Fsp3) is 0.417. The van der Waals surface area contributed by atoms with Gasteiger partial charge in [0.15, 0.2) is 9.84 Å². The van der Waals surface area contributed by atoms with Crippen LogP contribution < -0.4 is 0 Å². The highest BCUT2D eigenvalue weighted by Gasteiger charge is 2.24. The maximum absolute atomic E-state index is 11.9. The van der Waals surface area contributed by atoms with Crippen LogP contribution >= 0.6 is 15.9 Å². The van der Waals surface area contributed by atoms with E-state index in [1.165, 1.54) is 6.26 Å². The summed E-state index contributed by atoms with van der Waals surface area (Å²) >= 11 is 3.46. The largest absolute Gasteiger partial charge is 0.395 e. The number of sulfone groups is 1. The average molecular weight is 332 g/mol. The van der Waals surface area contributed by atoms with Gasteiger partial charge in [-0.3, -0.25) is 0 Å². The van der Waals surface area contributed by atoms with E-state index in [0.29, 0.717) is 29.2 Å². The lowest BCUT2D eigenvalue weighted by molar-refractivity contribution is 0.174. The fourth-order valence-corrected chi connectivity index (χ4v) is 3.59. The molecule has 0 atom stereocenters. The molecule has 0 amide bonds. The molecule has 0 N–H and O–H groups in total. The normalized spacial score (nSPS) is 15.4. The Morgan fingerprint density at radius 2 is 2.17 bits per heavy atom. The Hall–Kier alpha value is -0.880. The molecule has 0 fully saturated rings. The van der Waals surface area contributed by atoms with Gasteiger partial charge in [-0.05, 0) is 24.1 Å². The number of oxime groups is 1. The van der Waals surface area contributed by atoms with Crippen LogP contribution in [0.5, 0.6) is 0 Å². The number of nitrogens with zero attached hydrogens (tertiary/aromatic N) is 1. The van der Waals surface area contributed by atoms with Crippen LogP contribution in [0.2, 0.25) is 0 Å². The van der Waals surface area contributed by atoms with E-state index in [0.717, 1.165) is 16.5 Å². The van der Waals surface area contributed by atoms with E-state index in [-0.39, 0.29) is 0 Å². The van der Waals surface area contributed by atoms with E-state index >= 15 is 0 Å². The second kappa shape index (κ2) is 5.01. The van der Waals surface area contributed by atoms with E-state index in [9.17, 15) is 8.42 Å². The van der Waals surface area contributed by atoms with Crippen LogP contribution in [0.25, 0.3) is 0 Å². The molecule has 1 aliphatic heterocycles. The molecule has 4 nitrogen and oxygen atoms in total. The summed E-state index contributed by atoms with van der Waals surface area (Å²) < 4.78 is 24.7. The summed E-state index contributed by atoms with van der Waals surface area (Å²) in [6.45, 7) is 2.50. The quantitative estimate of drug-likeness (QED) is 0.855. The van der Waals surface area contributed by atoms with Crippen LogP contribution in [0.1, 0.15) is 24.5 Å². The lowest BCUT2D eigenvalue weighted by atomic mass is 9.99. The summed E-state index contributed by atoms with van der Waals surface area (Å²) in [7, 11) is -3.28. The van der Waals surface area contributed by atoms with Crippen LogP contribution in [0.3, 0.4) is 0 Å². The summed E-state index contributed by atoms with van der Waals surface area (Å²) in [4.78, 5) is 5.32. The molecular weight excluding hydrogens is 318 g/mol. The molecule has 6 heteroatoms. The molecular formula is C12H14BrNO3S. The highest BCUT2D eigenvalue weighted by Crippen LogP contribution is 2.30. The van der Waals surface area contributed by atoms with Crippen molar-refractivity contribution in [1.82, 2.24) is 0 Å². The van der Waals surface area contributed by atoms with Crippen LogP contribution in [-0.4, -0.2) is 27.0 Å². The third-order valence-corrected chi connectivity index (χ3v) is 4.75. The Labute approximate surface area is 115 Å². The number of halogens is 1. The second-order valence-corrected chi connectivity index (χ2v) is 6.98. The minimum atomic E-state index is -3.28. The third kappa shape index (κ3) is 2.44. The zero-order valence-electron chi connectivity index (χ0n) is 10.2. The molecule has 0 saturated heterocycles. The maximum atomic E-state index is 11.9. The molecule has 0 aromatic heterocycles. The monoisotopic (exact) mass is 331 g/mol. The van der Waals surface area contributed by atoms with Crippen molar-refractivity contribution in [3.05, 3.63) is 27.7 Å². The summed E-state index contributed by atoms with van der Waals surface area (Å²) in [5.74, 6) is 0. The standard InChI is InChI=1S/C12H14BrNO3S/c1-3-8-9(13)4-5-11(18(2,15)16)12(8)10-6-7-17-14-10/h4-5H,3,6-7H2,1-2H3. The number of benzene rings is 1. The van der Waals surface area contributed by atoms with Gasteiger partial charge in [0.05, 0.1) is 10.6 Å². The second-order valence-electron chi connectivity index (χ2n) is 4.15. The lowest BCUT2D eigenvalue weighted by Gasteiger charge is -2.13. The maximum Gasteiger partial charge on any atom is 0.176 e. The Morgan fingerprint density at radius 3 is 2.67 bits per heavy atom. The van der Waals surface area contributed by atoms with Gasteiger partial charge in [0.1, 0.15) is 6.61 Å². The number of hydrogen-bond donors (Lipinski definition) is 0. The van der Waals surface area contributed by atoms with Crippen molar-refractivity contribution in [2.75, 3.05) is 12.9 Å². The van der Waals surface area contributed by atoms with Gasteiger partial charge >= 0.3 is 0 Å². The molecule has 1 aromatic carbocycles. The van der Waals surface area contributed by atoms with Crippen molar-refractivity contribution >= 4 is 31.5 Å². The van der Waals surface area contributed by atoms with Crippen molar-refractivity contribution in [1.29, 1.82) is 0 Å². The van der Waals surface area contributed by atoms with Crippen LogP contribution in [0, 0.1) is 0 Å². The van der Waals surface area contributed by atoms with Gasteiger partial charge < -0.3 is 4.84 Å². The van der Waals surface area contributed by atoms with E-state index in [1.54, 1.807) is 12.1 Å². The minimum absolute atomic E-state index is 0.326. The van der Waals surface area contributed by atoms with E-state index in [2.05, 4.69) is 21.1 Å². The van der Waals surface area contributed by atoms with Crippen molar-refractivity contribution in [2.45, 2.75) is 24.7 Å². The van der Waals surface area contributed by atoms with Gasteiger partial charge in [-0.15, -0.1) is 0 Å². The first-order chi connectivity index (χ1) is 8.45. The van der Waals surface area contributed by atoms with Crippen LogP contribution in [0.15, 0.2) is 26.7 Å². The summed E-state index contributed by atoms with van der Waals surface area (Å²) in [6.07, 6.45) is 2.60. The number of hydrogen-bond acceptors (Lipinski definition) is 4. The molecule has 0 radical (unpaired) electrons. The van der Waals surface area contributed by atoms with Gasteiger partial charge in [0.25, 0.3) is 0 Å². The Morgan fingerprint density at radius 1 is 1.44 bits per heavy atom. The average Bonchev–Trinajstić information content (AvgIpc) is 2.79. The molecule has 98 valence electrons. The molecule has 1 aromatic rings. The molecule has 2 rings (SSSR count). The lowest BCUT2D eigenvalue weighted by Crippen LogP contribution is -2.11. The Kier molecular flexibility index (Phi) is 3.77. The SMILES string of the molecule is CCc1c(Br)ccc(S(C)(=O)=O)c1C1=NOCC1. The van der Waals surface area contributed by atoms with Crippen molar-refractivity contribution in [3.8, 4) is 0 Å². The molecule has 0 bridgehead atoms. The summed E-state index contributed by atoms with van der Waals surface area (Å²) in [5.41, 5.74) is 2.38. The van der Waals surface area contributed by atoms with E-state index in [4.69, 9.17) is 4.84 Å². The van der Waals surface area contributed by atoms with E-state index in [1.807, 2.05) is 6.92 Å². The first-order valence-corrected chi connectivity index (χ1v) is 8.34. The fourth-order valence-electron chi connectivity index (χ4n) is 2.05. The molecule has 1 aliphatic rings. The molecule has 18 heavy (non-hydrogen) atoms. The van der Waals surface area contributed by atoms with Crippen molar-refractivity contribution in [3.63, 3.8) is 0 Å². The Bertz CT molecular complexity index is 608. The third-order valence-electron chi connectivity index (χ3n) is 2.86. The predicted octanol–water partition coefficient (Wildman–Crippen LogP) is 2.54. The molecule has 1 heterocycles. The van der Waals surface area contributed by atoms with Crippen LogP contribution in [-0.2, 0) is 21.1 Å². The Balaban J connectivity index is 2.76. The molecule has 0 saturated carbocycles. The predicted molar refractivity (Wildman–Crippen MR) is 73.7 cm³/mol. The zero-order valence-corrected chi connectivity index (χ0v) is 12.6. The van der Waals surface area contributed by atoms with Crippen molar-refractivity contribution in [2.24, 2.45) is 5.16 Å². The van der Waals surface area contributed by atoms with Gasteiger partial charge in [0.2, 0.25) is 0 Å². The summed E-state index contributed by atoms with van der Waals surface area (Å²) in [5, 5.41) is 3.96. The highest BCUT2D eigenvalue weighted by molar-refractivity contribution is 9.10. The van der Waals surface area contributed by atoms with Gasteiger partial charge in [-0.25, -0.2) is 8.42 Å². The first-order valence-electron chi connectivity index (χ1n) is 5.65. The molecule has 0 unspecified atom stereocenters. The molecule has 0 spiro atoms. The van der Waals surface area contributed by atoms with Gasteiger partial charge in [0, 0.05) is 22.7 Å². The smallest absolute Gasteiger partial charge is 0.176 e. The summed E-state index contributed by atoms with van der Waals surface area (Å²) in [6, 6.07) is 3.39. The van der Waals surface area contributed by atoms with Crippen molar-refractivity contribution < 1.29 is 13.3 Å². The molecule has 0 aliphatic carbocycles. The highest BCUT2D eigenvalue weighted by atomic mass is 79.9. The topological polar surface area (TPSA) is 55.7 Å². The zero-order chi connectivity index (χ0) is 13.3. The van der Waals surface area contributed by atoms with E-state index < -0.39 is 9.84 Å².